The summed E-state index contributed by atoms with van der Waals surface area (Å²) in [6, 6.07) is 8.76. The maximum absolute atomic E-state index is 12.4. The van der Waals surface area contributed by atoms with E-state index in [4.69, 9.17) is 20.7 Å². The van der Waals surface area contributed by atoms with Crippen molar-refractivity contribution in [3.63, 3.8) is 0 Å². The summed E-state index contributed by atoms with van der Waals surface area (Å²) in [5, 5.41) is 27.2. The molecule has 3 heterocycles. The van der Waals surface area contributed by atoms with Crippen LogP contribution in [0.4, 0.5) is 10.6 Å². The molecule has 37 heavy (non-hydrogen) atoms. The van der Waals surface area contributed by atoms with Gasteiger partial charge in [-0.25, -0.2) is 9.78 Å². The highest BCUT2D eigenvalue weighted by atomic mass is 16.5. The Hall–Kier alpha value is -3.99. The third-order valence-electron chi connectivity index (χ3n) is 6.43. The monoisotopic (exact) mass is 509 g/mol. The molecule has 11 nitrogen and oxygen atoms in total. The number of nitrogens with one attached hydrogen (secondary N) is 3. The normalized spacial score (nSPS) is 14.7. The number of hydrogen-bond acceptors (Lipinski definition) is 8. The second-order valence-electron chi connectivity index (χ2n) is 8.89. The zero-order valence-corrected chi connectivity index (χ0v) is 21.5. The van der Waals surface area contributed by atoms with Crippen LogP contribution in [0, 0.1) is 10.8 Å². The molecule has 1 fully saturated rings. The average molecular weight is 510 g/mol. The first kappa shape index (κ1) is 27.6. The standard InChI is InChI=1S/C15H18N2O3.C11H17N5O/c1-20-14-7-12-9-17(8-11(12)6-13(14)10-18)15(19)16-4-2-3-5-16;1-8(6-17)16(7-12)11(13)9-4-3-5-10(14-2)15-9/h6-7,10H,2-5,8-9H2,1H3;3-5,7-8,12-13,17H,6H2,1-2H3,(H,14,15). The molecule has 11 heteroatoms. The second kappa shape index (κ2) is 12.8. The van der Waals surface area contributed by atoms with E-state index in [9.17, 15) is 9.59 Å². The van der Waals surface area contributed by atoms with E-state index in [1.54, 1.807) is 39.3 Å². The molecule has 2 amide bonds. The SMILES string of the molecule is CNc1cccc(C(=N)N(C=N)C(C)CO)n1.COc1cc2c(cc1C=O)CN(C(=O)N1CCCC1)C2. The number of urea groups is 1. The molecular formula is C26H35N7O4. The number of nitrogens with zero attached hydrogens (tertiary/aromatic N) is 4. The zero-order chi connectivity index (χ0) is 26.9. The molecule has 1 saturated heterocycles. The Balaban J connectivity index is 0.000000209. The number of methoxy groups -OCH3 is 1. The lowest BCUT2D eigenvalue weighted by Gasteiger charge is -2.24. The number of aliphatic hydroxyl groups is 1. The summed E-state index contributed by atoms with van der Waals surface area (Å²) in [5.74, 6) is 1.33. The lowest BCUT2D eigenvalue weighted by molar-refractivity contribution is 0.112. The van der Waals surface area contributed by atoms with Crippen LogP contribution in [0.3, 0.4) is 0 Å². The first-order valence-electron chi connectivity index (χ1n) is 12.2. The Kier molecular flexibility index (Phi) is 9.56. The van der Waals surface area contributed by atoms with Crippen LogP contribution in [0.1, 0.15) is 46.9 Å². The van der Waals surface area contributed by atoms with Gasteiger partial charge in [0.15, 0.2) is 12.1 Å². The van der Waals surface area contributed by atoms with Crippen LogP contribution in [-0.4, -0.2) is 89.2 Å². The zero-order valence-electron chi connectivity index (χ0n) is 21.5. The van der Waals surface area contributed by atoms with Gasteiger partial charge in [-0.3, -0.25) is 15.6 Å². The highest BCUT2D eigenvalue weighted by molar-refractivity contribution is 6.01. The van der Waals surface area contributed by atoms with E-state index in [1.807, 2.05) is 21.9 Å². The van der Waals surface area contributed by atoms with Crippen molar-refractivity contribution < 1.29 is 19.4 Å². The Bertz CT molecular complexity index is 1130. The topological polar surface area (TPSA) is 146 Å². The maximum Gasteiger partial charge on any atom is 0.320 e. The molecule has 4 N–H and O–H groups in total. The van der Waals surface area contributed by atoms with Crippen LogP contribution < -0.4 is 10.1 Å². The van der Waals surface area contributed by atoms with Gasteiger partial charge in [-0.2, -0.15) is 0 Å². The highest BCUT2D eigenvalue weighted by Crippen LogP contribution is 2.30. The number of aromatic nitrogens is 1. The first-order valence-corrected chi connectivity index (χ1v) is 12.2. The molecule has 1 unspecified atom stereocenters. The lowest BCUT2D eigenvalue weighted by Crippen LogP contribution is -2.39. The van der Waals surface area contributed by atoms with Crippen LogP contribution in [0.2, 0.25) is 0 Å². The van der Waals surface area contributed by atoms with Gasteiger partial charge >= 0.3 is 6.03 Å². The van der Waals surface area contributed by atoms with Crippen molar-refractivity contribution in [2.75, 3.05) is 39.2 Å². The molecule has 0 bridgehead atoms. The number of fused-ring (bicyclic) bond motifs is 1. The van der Waals surface area contributed by atoms with E-state index in [-0.39, 0.29) is 24.5 Å². The number of hydrogen-bond donors (Lipinski definition) is 4. The van der Waals surface area contributed by atoms with Gasteiger partial charge in [-0.05, 0) is 55.2 Å². The highest BCUT2D eigenvalue weighted by Gasteiger charge is 2.29. The molecule has 0 saturated carbocycles. The Labute approximate surface area is 217 Å². The molecule has 198 valence electrons. The summed E-state index contributed by atoms with van der Waals surface area (Å²) < 4.78 is 5.21. The molecule has 1 aromatic carbocycles. The largest absolute Gasteiger partial charge is 0.496 e. The lowest BCUT2D eigenvalue weighted by atomic mass is 10.1. The number of amides is 2. The van der Waals surface area contributed by atoms with Gasteiger partial charge in [0.2, 0.25) is 0 Å². The fourth-order valence-corrected chi connectivity index (χ4v) is 4.30. The van der Waals surface area contributed by atoms with Crippen LogP contribution in [0.5, 0.6) is 5.75 Å². The number of carbonyl (C=O) groups is 2. The minimum atomic E-state index is -0.319. The smallest absolute Gasteiger partial charge is 0.320 e. The third-order valence-corrected chi connectivity index (χ3v) is 6.43. The second-order valence-corrected chi connectivity index (χ2v) is 8.89. The van der Waals surface area contributed by atoms with Crippen molar-refractivity contribution in [2.24, 2.45) is 0 Å². The molecule has 1 aromatic heterocycles. The number of ether oxygens (including phenoxy) is 1. The van der Waals surface area contributed by atoms with E-state index in [0.717, 1.165) is 49.7 Å². The summed E-state index contributed by atoms with van der Waals surface area (Å²) in [6.45, 7) is 4.50. The fourth-order valence-electron chi connectivity index (χ4n) is 4.30. The molecule has 0 aliphatic carbocycles. The number of carbonyl (C=O) groups excluding carboxylic acids is 2. The van der Waals surface area contributed by atoms with Gasteiger partial charge in [0, 0.05) is 33.2 Å². The van der Waals surface area contributed by atoms with Crippen molar-refractivity contribution >= 4 is 30.3 Å². The number of rotatable bonds is 7. The number of aliphatic hydroxyl groups excluding tert-OH is 1. The first-order chi connectivity index (χ1) is 17.9. The summed E-state index contributed by atoms with van der Waals surface area (Å²) in [7, 11) is 3.30. The van der Waals surface area contributed by atoms with E-state index in [1.165, 1.54) is 4.90 Å². The maximum atomic E-state index is 12.4. The van der Waals surface area contributed by atoms with Crippen LogP contribution >= 0.6 is 0 Å². The van der Waals surface area contributed by atoms with Gasteiger partial charge < -0.3 is 29.9 Å². The summed E-state index contributed by atoms with van der Waals surface area (Å²) >= 11 is 0. The summed E-state index contributed by atoms with van der Waals surface area (Å²) in [4.78, 5) is 32.7. The van der Waals surface area contributed by atoms with Crippen molar-refractivity contribution in [1.82, 2.24) is 19.7 Å². The summed E-state index contributed by atoms with van der Waals surface area (Å²) in [6.07, 6.45) is 4.01. The molecule has 0 spiro atoms. The number of benzene rings is 1. The Morgan fingerprint density at radius 1 is 1.24 bits per heavy atom. The van der Waals surface area contributed by atoms with Gasteiger partial charge in [0.1, 0.15) is 17.3 Å². The van der Waals surface area contributed by atoms with Crippen LogP contribution in [0.15, 0.2) is 30.3 Å². The number of anilines is 1. The number of likely N-dealkylation sites (tertiary alicyclic amines) is 1. The predicted molar refractivity (Wildman–Crippen MR) is 142 cm³/mol. The van der Waals surface area contributed by atoms with Crippen molar-refractivity contribution in [3.8, 4) is 5.75 Å². The average Bonchev–Trinajstić information content (AvgIpc) is 3.62. The Morgan fingerprint density at radius 3 is 2.49 bits per heavy atom. The van der Waals surface area contributed by atoms with E-state index < -0.39 is 0 Å². The fraction of sp³-hybridized carbons (Fsp3) is 0.423. The molecular weight excluding hydrogens is 474 g/mol. The van der Waals surface area contributed by atoms with Gasteiger partial charge in [0.25, 0.3) is 0 Å². The molecule has 2 aliphatic rings. The van der Waals surface area contributed by atoms with Crippen molar-refractivity contribution in [2.45, 2.75) is 38.9 Å². The molecule has 1 atom stereocenters. The van der Waals surface area contributed by atoms with Gasteiger partial charge in [0.05, 0.1) is 31.7 Å². The van der Waals surface area contributed by atoms with E-state index in [2.05, 4.69) is 10.3 Å². The molecule has 2 aromatic rings. The third kappa shape index (κ3) is 6.42. The number of aldehydes is 1. The quantitative estimate of drug-likeness (QED) is 0.255. The van der Waals surface area contributed by atoms with Crippen LogP contribution in [-0.2, 0) is 13.1 Å². The number of pyridine rings is 1. The minimum Gasteiger partial charge on any atom is -0.496 e. The van der Waals surface area contributed by atoms with Crippen molar-refractivity contribution in [3.05, 3.63) is 52.7 Å². The van der Waals surface area contributed by atoms with Crippen molar-refractivity contribution in [1.29, 1.82) is 10.8 Å². The molecule has 0 radical (unpaired) electrons. The van der Waals surface area contributed by atoms with E-state index in [0.29, 0.717) is 35.9 Å². The van der Waals surface area contributed by atoms with E-state index >= 15 is 0 Å². The Morgan fingerprint density at radius 2 is 1.92 bits per heavy atom. The predicted octanol–water partition coefficient (Wildman–Crippen LogP) is 2.78. The minimum absolute atomic E-state index is 0.0960. The number of amidine groups is 1. The molecule has 2 aliphatic heterocycles. The van der Waals surface area contributed by atoms with Crippen LogP contribution in [0.25, 0.3) is 0 Å². The molecule has 4 rings (SSSR count). The summed E-state index contributed by atoms with van der Waals surface area (Å²) in [5.41, 5.74) is 3.11. The van der Waals surface area contributed by atoms with Gasteiger partial charge in [-0.15, -0.1) is 0 Å². The van der Waals surface area contributed by atoms with Gasteiger partial charge in [-0.1, -0.05) is 6.07 Å².